The number of hydrogen-bond donors (Lipinski definition) is 1. The van der Waals surface area contributed by atoms with Gasteiger partial charge in [-0.05, 0) is 38.3 Å². The number of hydrogen-bond acceptors (Lipinski definition) is 4. The van der Waals surface area contributed by atoms with E-state index in [9.17, 15) is 4.79 Å². The fraction of sp³-hybridized carbons (Fsp3) is 0.500. The number of carbonyl (C=O) groups excluding carboxylic acids is 1. The molecule has 3 atom stereocenters. The average molecular weight is 325 g/mol. The van der Waals surface area contributed by atoms with Gasteiger partial charge in [-0.25, -0.2) is 9.67 Å². The summed E-state index contributed by atoms with van der Waals surface area (Å²) < 4.78 is 1.94. The highest BCUT2D eigenvalue weighted by Crippen LogP contribution is 2.32. The number of nitrogens with zero attached hydrogens (tertiary/aromatic N) is 4. The van der Waals surface area contributed by atoms with Crippen LogP contribution in [0, 0.1) is 0 Å². The first-order chi connectivity index (χ1) is 11.6. The molecule has 2 aliphatic heterocycles. The highest BCUT2D eigenvalue weighted by Gasteiger charge is 2.34. The number of amides is 1. The zero-order valence-corrected chi connectivity index (χ0v) is 14.1. The first-order valence-corrected chi connectivity index (χ1v) is 8.67. The first-order valence-electron chi connectivity index (χ1n) is 8.67. The van der Waals surface area contributed by atoms with Gasteiger partial charge in [-0.2, -0.15) is 5.10 Å². The van der Waals surface area contributed by atoms with Crippen LogP contribution in [0.25, 0.3) is 0 Å². The van der Waals surface area contributed by atoms with Gasteiger partial charge in [0.05, 0.1) is 12.6 Å². The maximum Gasteiger partial charge on any atom is 0.244 e. The summed E-state index contributed by atoms with van der Waals surface area (Å²) in [5.41, 5.74) is 2.32. The Labute approximate surface area is 141 Å². The van der Waals surface area contributed by atoms with E-state index < -0.39 is 0 Å². The lowest BCUT2D eigenvalue weighted by atomic mass is 10.1. The van der Waals surface area contributed by atoms with E-state index in [1.54, 1.807) is 6.33 Å². The summed E-state index contributed by atoms with van der Waals surface area (Å²) in [4.78, 5) is 19.2. The standard InChI is InChI=1S/C18H23N5O/c1-12-9-14-5-3-4-6-16(14)23(12)18(24)13(2)21-15-7-8-17-19-11-20-22(17)10-15/h3-6,11-13,15,21H,7-10H2,1-2H3/t12-,13-,15-/m0/s1. The number of rotatable bonds is 3. The van der Waals surface area contributed by atoms with Crippen LogP contribution in [0.4, 0.5) is 5.69 Å². The molecule has 0 saturated heterocycles. The largest absolute Gasteiger partial charge is 0.308 e. The number of aryl methyl sites for hydroxylation is 1. The van der Waals surface area contributed by atoms with Crippen LogP contribution in [-0.2, 0) is 24.2 Å². The van der Waals surface area contributed by atoms with Crippen molar-refractivity contribution in [2.75, 3.05) is 4.90 Å². The van der Waals surface area contributed by atoms with Crippen LogP contribution in [-0.4, -0.2) is 38.8 Å². The summed E-state index contributed by atoms with van der Waals surface area (Å²) in [7, 11) is 0. The third-order valence-corrected chi connectivity index (χ3v) is 5.11. The number of para-hydroxylation sites is 1. The second-order valence-electron chi connectivity index (χ2n) is 6.87. The molecule has 0 aliphatic carbocycles. The van der Waals surface area contributed by atoms with Crippen LogP contribution in [0.1, 0.15) is 31.7 Å². The Morgan fingerprint density at radius 2 is 2.21 bits per heavy atom. The van der Waals surface area contributed by atoms with E-state index >= 15 is 0 Å². The third-order valence-electron chi connectivity index (χ3n) is 5.11. The number of anilines is 1. The second-order valence-corrected chi connectivity index (χ2v) is 6.87. The smallest absolute Gasteiger partial charge is 0.244 e. The van der Waals surface area contributed by atoms with Crippen molar-refractivity contribution in [1.82, 2.24) is 20.1 Å². The maximum atomic E-state index is 13.0. The quantitative estimate of drug-likeness (QED) is 0.930. The molecule has 3 heterocycles. The van der Waals surface area contributed by atoms with Crippen molar-refractivity contribution in [3.05, 3.63) is 42.0 Å². The van der Waals surface area contributed by atoms with Crippen LogP contribution in [0.15, 0.2) is 30.6 Å². The van der Waals surface area contributed by atoms with Gasteiger partial charge in [0.25, 0.3) is 0 Å². The van der Waals surface area contributed by atoms with E-state index in [2.05, 4.69) is 28.4 Å². The lowest BCUT2D eigenvalue weighted by Crippen LogP contribution is -2.52. The van der Waals surface area contributed by atoms with Gasteiger partial charge < -0.3 is 10.2 Å². The Kier molecular flexibility index (Phi) is 3.84. The minimum absolute atomic E-state index is 0.150. The molecule has 0 radical (unpaired) electrons. The van der Waals surface area contributed by atoms with Gasteiger partial charge in [0.2, 0.25) is 5.91 Å². The van der Waals surface area contributed by atoms with Crippen LogP contribution in [0.5, 0.6) is 0 Å². The lowest BCUT2D eigenvalue weighted by molar-refractivity contribution is -0.120. The van der Waals surface area contributed by atoms with Crippen molar-refractivity contribution >= 4 is 11.6 Å². The maximum absolute atomic E-state index is 13.0. The van der Waals surface area contributed by atoms with E-state index in [4.69, 9.17) is 0 Å². The van der Waals surface area contributed by atoms with Gasteiger partial charge in [-0.1, -0.05) is 18.2 Å². The number of aromatic nitrogens is 3. The fourth-order valence-electron chi connectivity index (χ4n) is 3.91. The highest BCUT2D eigenvalue weighted by atomic mass is 16.2. The third kappa shape index (κ3) is 2.60. The molecule has 0 unspecified atom stereocenters. The van der Waals surface area contributed by atoms with Crippen molar-refractivity contribution in [3.8, 4) is 0 Å². The minimum Gasteiger partial charge on any atom is -0.308 e. The Bertz CT molecular complexity index is 755. The number of carbonyl (C=O) groups is 1. The molecule has 126 valence electrons. The van der Waals surface area contributed by atoms with Crippen LogP contribution >= 0.6 is 0 Å². The summed E-state index contributed by atoms with van der Waals surface area (Å²) >= 11 is 0. The molecule has 1 aromatic carbocycles. The molecule has 0 spiro atoms. The first kappa shape index (κ1) is 15.3. The Morgan fingerprint density at radius 1 is 1.38 bits per heavy atom. The number of benzene rings is 1. The zero-order chi connectivity index (χ0) is 16.7. The molecular formula is C18H23N5O. The van der Waals surface area contributed by atoms with Crippen molar-refractivity contribution in [1.29, 1.82) is 0 Å². The van der Waals surface area contributed by atoms with Crippen molar-refractivity contribution in [2.45, 2.75) is 57.8 Å². The molecular weight excluding hydrogens is 302 g/mol. The van der Waals surface area contributed by atoms with E-state index in [-0.39, 0.29) is 24.0 Å². The molecule has 2 aliphatic rings. The molecule has 0 saturated carbocycles. The Morgan fingerprint density at radius 3 is 3.08 bits per heavy atom. The van der Waals surface area contributed by atoms with E-state index in [0.29, 0.717) is 0 Å². The Balaban J connectivity index is 1.45. The minimum atomic E-state index is -0.214. The van der Waals surface area contributed by atoms with Gasteiger partial charge in [-0.15, -0.1) is 0 Å². The molecule has 6 heteroatoms. The monoisotopic (exact) mass is 325 g/mol. The molecule has 0 bridgehead atoms. The number of nitrogens with one attached hydrogen (secondary N) is 1. The van der Waals surface area contributed by atoms with Crippen molar-refractivity contribution in [3.63, 3.8) is 0 Å². The van der Waals surface area contributed by atoms with Gasteiger partial charge in [0.1, 0.15) is 12.2 Å². The SMILES string of the molecule is C[C@H](N[C@H]1CCc2ncnn2C1)C(=O)N1c2ccccc2C[C@@H]1C. The molecule has 1 amide bonds. The topological polar surface area (TPSA) is 63.1 Å². The zero-order valence-electron chi connectivity index (χ0n) is 14.1. The Hall–Kier alpha value is -2.21. The van der Waals surface area contributed by atoms with Crippen LogP contribution < -0.4 is 10.2 Å². The molecule has 0 fully saturated rings. The van der Waals surface area contributed by atoms with Gasteiger partial charge in [0.15, 0.2) is 0 Å². The number of fused-ring (bicyclic) bond motifs is 2. The fourth-order valence-corrected chi connectivity index (χ4v) is 3.91. The summed E-state index contributed by atoms with van der Waals surface area (Å²) in [5, 5.41) is 7.75. The summed E-state index contributed by atoms with van der Waals surface area (Å²) in [6.07, 6.45) is 4.43. The van der Waals surface area contributed by atoms with Crippen molar-refractivity contribution in [2.24, 2.45) is 0 Å². The predicted molar refractivity (Wildman–Crippen MR) is 91.8 cm³/mol. The van der Waals surface area contributed by atoms with Gasteiger partial charge in [0, 0.05) is 24.2 Å². The predicted octanol–water partition coefficient (Wildman–Crippen LogP) is 1.55. The molecule has 6 nitrogen and oxygen atoms in total. The van der Waals surface area contributed by atoms with Gasteiger partial charge >= 0.3 is 0 Å². The van der Waals surface area contributed by atoms with E-state index in [1.807, 2.05) is 34.7 Å². The van der Waals surface area contributed by atoms with Crippen molar-refractivity contribution < 1.29 is 4.79 Å². The van der Waals surface area contributed by atoms with E-state index in [1.165, 1.54) is 5.56 Å². The molecule has 24 heavy (non-hydrogen) atoms. The summed E-state index contributed by atoms with van der Waals surface area (Å²) in [5.74, 6) is 1.19. The second kappa shape index (κ2) is 6.02. The molecule has 1 aromatic heterocycles. The normalized spacial score (nSPS) is 23.7. The summed E-state index contributed by atoms with van der Waals surface area (Å²) in [6.45, 7) is 4.86. The van der Waals surface area contributed by atoms with Crippen LogP contribution in [0.3, 0.4) is 0 Å². The lowest BCUT2D eigenvalue weighted by Gasteiger charge is -2.30. The average Bonchev–Trinajstić information content (AvgIpc) is 3.16. The van der Waals surface area contributed by atoms with Gasteiger partial charge in [-0.3, -0.25) is 4.79 Å². The van der Waals surface area contributed by atoms with E-state index in [0.717, 1.165) is 37.3 Å². The molecule has 1 N–H and O–H groups in total. The highest BCUT2D eigenvalue weighted by molar-refractivity contribution is 5.99. The molecule has 4 rings (SSSR count). The summed E-state index contributed by atoms with van der Waals surface area (Å²) in [6, 6.07) is 8.46. The molecule has 2 aromatic rings. The van der Waals surface area contributed by atoms with Crippen LogP contribution in [0.2, 0.25) is 0 Å².